The Morgan fingerprint density at radius 3 is 1.14 bits per heavy atom. The van der Waals surface area contributed by atoms with Gasteiger partial charge in [-0.3, -0.25) is 4.79 Å². The highest BCUT2D eigenvalue weighted by molar-refractivity contribution is 5.76. The van der Waals surface area contributed by atoms with E-state index in [-0.39, 0.29) is 12.5 Å². The summed E-state index contributed by atoms with van der Waals surface area (Å²) in [6, 6.07) is -0.824. The minimum atomic E-state index is -1.16. The third-order valence-corrected chi connectivity index (χ3v) is 11.5. The normalized spacial score (nSPS) is 13.7. The summed E-state index contributed by atoms with van der Waals surface area (Å²) in [4.78, 5) is 12.4. The van der Waals surface area contributed by atoms with Crippen LogP contribution in [0.3, 0.4) is 0 Å². The molecule has 5 nitrogen and oxygen atoms in total. The predicted octanol–water partition coefficient (Wildman–Crippen LogP) is 14.7. The molecule has 0 radical (unpaired) electrons. The summed E-state index contributed by atoms with van der Waals surface area (Å²) in [6.07, 6.45) is 58.6. The number of carbonyl (C=O) groups is 1. The third kappa shape index (κ3) is 40.8. The van der Waals surface area contributed by atoms with Crippen LogP contribution in [0, 0.1) is 0 Å². The number of allylic oxidation sites excluding steroid dienone is 6. The Hall–Kier alpha value is -1.43. The number of nitrogens with one attached hydrogen (secondary N) is 1. The molecule has 1 amide bonds. The molecule has 0 aliphatic carbocycles. The van der Waals surface area contributed by atoms with E-state index in [1.807, 2.05) is 0 Å². The van der Waals surface area contributed by atoms with E-state index in [2.05, 4.69) is 55.6 Å². The standard InChI is InChI=1S/C51H97NO4/c1-3-5-7-9-11-13-15-16-17-18-19-20-21-22-23-24-25-26-27-28-29-30-31-32-33-34-36-38-40-42-44-46-50(55)52-48(47-53)51(56)49(54)45-43-41-39-37-35-14-12-10-8-6-4-2/h19-20,22-23,37,39,48-49,51,53-54,56H,3-18,21,24-36,38,40-47H2,1-2H3,(H,52,55)/b20-19-,23-22-,39-37+. The molecule has 0 heterocycles. The van der Waals surface area contributed by atoms with Crippen molar-refractivity contribution in [2.24, 2.45) is 0 Å². The van der Waals surface area contributed by atoms with E-state index < -0.39 is 18.2 Å². The van der Waals surface area contributed by atoms with Gasteiger partial charge in [-0.1, -0.05) is 217 Å². The summed E-state index contributed by atoms with van der Waals surface area (Å²) in [5, 5.41) is 33.4. The van der Waals surface area contributed by atoms with Crippen LogP contribution < -0.4 is 5.32 Å². The zero-order valence-corrected chi connectivity index (χ0v) is 37.5. The Balaban J connectivity index is 3.52. The van der Waals surface area contributed by atoms with Gasteiger partial charge in [0, 0.05) is 6.42 Å². The minimum Gasteiger partial charge on any atom is -0.394 e. The first-order valence-corrected chi connectivity index (χ1v) is 24.8. The SMILES string of the molecule is CCCCCCCC/C=C/CCCC(O)C(O)C(CO)NC(=O)CCCCCCCCCCCCCCCCC/C=C\C/C=C\CCCCCCCCCCC. The van der Waals surface area contributed by atoms with E-state index in [1.54, 1.807) is 0 Å². The van der Waals surface area contributed by atoms with Crippen molar-refractivity contribution in [2.75, 3.05) is 6.61 Å². The topological polar surface area (TPSA) is 89.8 Å². The number of aliphatic hydroxyl groups excluding tert-OH is 3. The Kier molecular flexibility index (Phi) is 45.1. The molecule has 0 bridgehead atoms. The van der Waals surface area contributed by atoms with E-state index >= 15 is 0 Å². The average Bonchev–Trinajstić information content (AvgIpc) is 3.20. The van der Waals surface area contributed by atoms with Gasteiger partial charge in [0.05, 0.1) is 18.8 Å². The predicted molar refractivity (Wildman–Crippen MR) is 245 cm³/mol. The Morgan fingerprint density at radius 1 is 0.446 bits per heavy atom. The molecule has 0 fully saturated rings. The molecule has 3 atom stereocenters. The molecule has 0 rings (SSSR count). The van der Waals surface area contributed by atoms with Crippen molar-refractivity contribution in [2.45, 2.75) is 276 Å². The molecule has 0 aromatic heterocycles. The molecular formula is C51H97NO4. The average molecular weight is 788 g/mol. The first-order valence-electron chi connectivity index (χ1n) is 24.8. The van der Waals surface area contributed by atoms with Crippen LogP contribution in [-0.4, -0.2) is 46.1 Å². The van der Waals surface area contributed by atoms with Gasteiger partial charge in [-0.2, -0.15) is 0 Å². The van der Waals surface area contributed by atoms with Crippen molar-refractivity contribution in [3.63, 3.8) is 0 Å². The number of carbonyl (C=O) groups excluding carboxylic acids is 1. The lowest BCUT2D eigenvalue weighted by molar-refractivity contribution is -0.124. The maximum absolute atomic E-state index is 12.4. The molecule has 0 aromatic rings. The molecular weight excluding hydrogens is 691 g/mol. The number of rotatable bonds is 45. The quantitative estimate of drug-likeness (QED) is 0.0365. The van der Waals surface area contributed by atoms with Gasteiger partial charge in [-0.15, -0.1) is 0 Å². The van der Waals surface area contributed by atoms with E-state index in [0.29, 0.717) is 12.8 Å². The van der Waals surface area contributed by atoms with E-state index in [4.69, 9.17) is 0 Å². The smallest absolute Gasteiger partial charge is 0.220 e. The first-order chi connectivity index (χ1) is 27.6. The second-order valence-corrected chi connectivity index (χ2v) is 17.0. The third-order valence-electron chi connectivity index (χ3n) is 11.5. The van der Waals surface area contributed by atoms with Gasteiger partial charge in [-0.25, -0.2) is 0 Å². The van der Waals surface area contributed by atoms with Crippen LogP contribution in [0.4, 0.5) is 0 Å². The van der Waals surface area contributed by atoms with E-state index in [9.17, 15) is 20.1 Å². The number of hydrogen-bond acceptors (Lipinski definition) is 4. The summed E-state index contributed by atoms with van der Waals surface area (Å²) in [5.74, 6) is -0.154. The Bertz CT molecular complexity index is 870. The fraction of sp³-hybridized carbons (Fsp3) is 0.863. The Labute approximate surface area is 349 Å². The summed E-state index contributed by atoms with van der Waals surface area (Å²) < 4.78 is 0. The second-order valence-electron chi connectivity index (χ2n) is 17.0. The van der Waals surface area contributed by atoms with Crippen LogP contribution in [0.25, 0.3) is 0 Å². The zero-order chi connectivity index (χ0) is 40.8. The maximum atomic E-state index is 12.4. The molecule has 3 unspecified atom stereocenters. The summed E-state index contributed by atoms with van der Waals surface area (Å²) >= 11 is 0. The summed E-state index contributed by atoms with van der Waals surface area (Å²) in [5.41, 5.74) is 0. The van der Waals surface area contributed by atoms with Crippen LogP contribution >= 0.6 is 0 Å². The molecule has 0 aromatic carbocycles. The lowest BCUT2D eigenvalue weighted by atomic mass is 10.0. The lowest BCUT2D eigenvalue weighted by Gasteiger charge is -2.26. The van der Waals surface area contributed by atoms with Crippen molar-refractivity contribution in [3.05, 3.63) is 36.5 Å². The molecule has 0 aliphatic rings. The van der Waals surface area contributed by atoms with Crippen LogP contribution in [0.2, 0.25) is 0 Å². The molecule has 330 valence electrons. The molecule has 5 heteroatoms. The van der Waals surface area contributed by atoms with Gasteiger partial charge in [0.25, 0.3) is 0 Å². The molecule has 0 aliphatic heterocycles. The minimum absolute atomic E-state index is 0.154. The molecule has 0 spiro atoms. The maximum Gasteiger partial charge on any atom is 0.220 e. The summed E-state index contributed by atoms with van der Waals surface area (Å²) in [6.45, 7) is 4.15. The van der Waals surface area contributed by atoms with Gasteiger partial charge in [0.2, 0.25) is 5.91 Å². The number of aliphatic hydroxyl groups is 3. The molecule has 56 heavy (non-hydrogen) atoms. The van der Waals surface area contributed by atoms with E-state index in [1.165, 1.54) is 186 Å². The highest BCUT2D eigenvalue weighted by Gasteiger charge is 2.26. The fourth-order valence-corrected chi connectivity index (χ4v) is 7.61. The van der Waals surface area contributed by atoms with E-state index in [0.717, 1.165) is 44.9 Å². The fourth-order valence-electron chi connectivity index (χ4n) is 7.61. The largest absolute Gasteiger partial charge is 0.394 e. The first kappa shape index (κ1) is 54.6. The number of hydrogen-bond donors (Lipinski definition) is 4. The molecule has 0 saturated heterocycles. The zero-order valence-electron chi connectivity index (χ0n) is 37.5. The van der Waals surface area contributed by atoms with Crippen molar-refractivity contribution in [1.82, 2.24) is 5.32 Å². The van der Waals surface area contributed by atoms with Gasteiger partial charge in [0.15, 0.2) is 0 Å². The van der Waals surface area contributed by atoms with Crippen molar-refractivity contribution in [1.29, 1.82) is 0 Å². The van der Waals surface area contributed by atoms with Crippen LogP contribution in [0.1, 0.15) is 258 Å². The lowest BCUT2D eigenvalue weighted by Crippen LogP contribution is -2.50. The van der Waals surface area contributed by atoms with Crippen LogP contribution in [0.15, 0.2) is 36.5 Å². The van der Waals surface area contributed by atoms with Crippen molar-refractivity contribution in [3.8, 4) is 0 Å². The van der Waals surface area contributed by atoms with Crippen molar-refractivity contribution >= 4 is 5.91 Å². The summed E-state index contributed by atoms with van der Waals surface area (Å²) in [7, 11) is 0. The van der Waals surface area contributed by atoms with Crippen molar-refractivity contribution < 1.29 is 20.1 Å². The highest BCUT2D eigenvalue weighted by Crippen LogP contribution is 2.16. The van der Waals surface area contributed by atoms with Gasteiger partial charge in [0.1, 0.15) is 6.10 Å². The highest BCUT2D eigenvalue weighted by atomic mass is 16.3. The number of unbranched alkanes of at least 4 members (excludes halogenated alkanes) is 31. The van der Waals surface area contributed by atoms with Crippen LogP contribution in [-0.2, 0) is 4.79 Å². The van der Waals surface area contributed by atoms with Gasteiger partial charge >= 0.3 is 0 Å². The Morgan fingerprint density at radius 2 is 0.768 bits per heavy atom. The second kappa shape index (κ2) is 46.3. The molecule has 0 saturated carbocycles. The van der Waals surface area contributed by atoms with Gasteiger partial charge < -0.3 is 20.6 Å². The van der Waals surface area contributed by atoms with Gasteiger partial charge in [-0.05, 0) is 70.6 Å². The monoisotopic (exact) mass is 788 g/mol. The molecule has 4 N–H and O–H groups in total. The van der Waals surface area contributed by atoms with Crippen LogP contribution in [0.5, 0.6) is 0 Å². The number of amides is 1.